The maximum absolute atomic E-state index is 12.1. The first-order valence-electron chi connectivity index (χ1n) is 5.81. The van der Waals surface area contributed by atoms with Crippen LogP contribution in [-0.4, -0.2) is 20.3 Å². The molecule has 0 fully saturated rings. The van der Waals surface area contributed by atoms with E-state index in [2.05, 4.69) is 20.7 Å². The largest absolute Gasteiger partial charge is 0.240 e. The van der Waals surface area contributed by atoms with Gasteiger partial charge in [-0.15, -0.1) is 11.6 Å². The lowest BCUT2D eigenvalue weighted by Gasteiger charge is -2.13. The van der Waals surface area contributed by atoms with Crippen LogP contribution in [0.3, 0.4) is 0 Å². The molecule has 19 heavy (non-hydrogen) atoms. The van der Waals surface area contributed by atoms with Gasteiger partial charge in [0.05, 0.1) is 9.92 Å². The number of rotatable bonds is 6. The van der Waals surface area contributed by atoms with E-state index in [0.717, 1.165) is 6.42 Å². The quantitative estimate of drug-likeness (QED) is 0.747. The molecular weight excluding hydrogens is 373 g/mol. The second-order valence-corrected chi connectivity index (χ2v) is 8.30. The first kappa shape index (κ1) is 17.2. The van der Waals surface area contributed by atoms with Crippen LogP contribution >= 0.6 is 39.1 Å². The summed E-state index contributed by atoms with van der Waals surface area (Å²) in [4.78, 5) is 0.164. The zero-order chi connectivity index (χ0) is 14.6. The normalized spacial score (nSPS) is 13.8. The van der Waals surface area contributed by atoms with Crippen molar-refractivity contribution >= 4 is 49.2 Å². The molecule has 0 aliphatic rings. The van der Waals surface area contributed by atoms with Crippen molar-refractivity contribution in [3.8, 4) is 0 Å². The van der Waals surface area contributed by atoms with Crippen LogP contribution in [0.15, 0.2) is 27.6 Å². The van der Waals surface area contributed by atoms with Crippen molar-refractivity contribution in [2.75, 3.05) is 6.54 Å². The zero-order valence-corrected chi connectivity index (χ0v) is 14.6. The molecule has 1 aromatic rings. The minimum atomic E-state index is -3.55. The summed E-state index contributed by atoms with van der Waals surface area (Å²) in [5.74, 6) is 0.427. The summed E-state index contributed by atoms with van der Waals surface area (Å²) in [5, 5.41) is 0.250. The minimum absolute atomic E-state index is 0.164. The lowest BCUT2D eigenvalue weighted by atomic mass is 10.1. The molecule has 0 radical (unpaired) electrons. The maximum atomic E-state index is 12.1. The van der Waals surface area contributed by atoms with Crippen molar-refractivity contribution in [3.05, 3.63) is 27.7 Å². The lowest BCUT2D eigenvalue weighted by Crippen LogP contribution is -2.30. The Labute approximate surface area is 132 Å². The van der Waals surface area contributed by atoms with Crippen molar-refractivity contribution in [3.63, 3.8) is 0 Å². The minimum Gasteiger partial charge on any atom is -0.210 e. The molecular formula is C12H16BrCl2NO2S. The van der Waals surface area contributed by atoms with Gasteiger partial charge in [-0.1, -0.05) is 25.4 Å². The van der Waals surface area contributed by atoms with Gasteiger partial charge < -0.3 is 0 Å². The summed E-state index contributed by atoms with van der Waals surface area (Å²) < 4.78 is 27.2. The van der Waals surface area contributed by atoms with E-state index in [4.69, 9.17) is 23.2 Å². The molecule has 0 spiro atoms. The third kappa shape index (κ3) is 5.60. The topological polar surface area (TPSA) is 46.2 Å². The maximum Gasteiger partial charge on any atom is 0.240 e. The highest BCUT2D eigenvalue weighted by molar-refractivity contribution is 9.10. The molecule has 1 unspecified atom stereocenters. The van der Waals surface area contributed by atoms with Gasteiger partial charge in [-0.3, -0.25) is 0 Å². The molecule has 0 saturated heterocycles. The van der Waals surface area contributed by atoms with Gasteiger partial charge >= 0.3 is 0 Å². The molecule has 1 aromatic carbocycles. The smallest absolute Gasteiger partial charge is 0.210 e. The second-order valence-electron chi connectivity index (χ2n) is 4.65. The highest BCUT2D eigenvalue weighted by atomic mass is 79.9. The number of hydrogen-bond acceptors (Lipinski definition) is 2. The highest BCUT2D eigenvalue weighted by Crippen LogP contribution is 2.25. The molecule has 0 aromatic heterocycles. The van der Waals surface area contributed by atoms with Crippen LogP contribution in [0.25, 0.3) is 0 Å². The fraction of sp³-hybridized carbons (Fsp3) is 0.500. The SMILES string of the molecule is CC(C)CC(Cl)CNS(=O)(=O)c1ccc(Cl)c(Br)c1. The van der Waals surface area contributed by atoms with Gasteiger partial charge in [0.15, 0.2) is 0 Å². The van der Waals surface area contributed by atoms with Crippen molar-refractivity contribution in [2.24, 2.45) is 5.92 Å². The molecule has 0 aliphatic carbocycles. The lowest BCUT2D eigenvalue weighted by molar-refractivity contribution is 0.544. The summed E-state index contributed by atoms with van der Waals surface area (Å²) in [5.41, 5.74) is 0. The van der Waals surface area contributed by atoms with E-state index in [9.17, 15) is 8.42 Å². The number of benzene rings is 1. The Balaban J connectivity index is 2.73. The van der Waals surface area contributed by atoms with Gasteiger partial charge in [-0.05, 0) is 46.5 Å². The fourth-order valence-corrected chi connectivity index (χ4v) is 3.80. The summed E-state index contributed by atoms with van der Waals surface area (Å²) in [7, 11) is -3.55. The molecule has 0 saturated carbocycles. The van der Waals surface area contributed by atoms with Gasteiger partial charge in [-0.25, -0.2) is 13.1 Å². The number of halogens is 3. The monoisotopic (exact) mass is 387 g/mol. The standard InChI is InChI=1S/C12H16BrCl2NO2S/c1-8(2)5-9(14)7-16-19(17,18)10-3-4-12(15)11(13)6-10/h3-4,6,8-9,16H,5,7H2,1-2H3. The van der Waals surface area contributed by atoms with Crippen LogP contribution in [0, 0.1) is 5.92 Å². The van der Waals surface area contributed by atoms with E-state index in [0.29, 0.717) is 15.4 Å². The summed E-state index contributed by atoms with van der Waals surface area (Å²) in [6.45, 7) is 4.29. The molecule has 0 amide bonds. The van der Waals surface area contributed by atoms with E-state index in [1.807, 2.05) is 13.8 Å². The Kier molecular flexibility index (Phi) is 6.60. The third-order valence-corrected chi connectivity index (χ3v) is 5.39. The molecule has 108 valence electrons. The van der Waals surface area contributed by atoms with Gasteiger partial charge in [0, 0.05) is 16.4 Å². The highest BCUT2D eigenvalue weighted by Gasteiger charge is 2.17. The van der Waals surface area contributed by atoms with Crippen molar-refractivity contribution < 1.29 is 8.42 Å². The first-order valence-corrected chi connectivity index (χ1v) is 8.90. The Morgan fingerprint density at radius 1 is 1.37 bits per heavy atom. The van der Waals surface area contributed by atoms with Crippen LogP contribution in [0.2, 0.25) is 5.02 Å². The molecule has 7 heteroatoms. The predicted octanol–water partition coefficient (Wildman–Crippen LogP) is 4.03. The van der Waals surface area contributed by atoms with E-state index < -0.39 is 10.0 Å². The third-order valence-electron chi connectivity index (χ3n) is 2.42. The average molecular weight is 389 g/mol. The van der Waals surface area contributed by atoms with E-state index in [-0.39, 0.29) is 16.8 Å². The Hall–Kier alpha value is 0.190. The van der Waals surface area contributed by atoms with E-state index >= 15 is 0 Å². The van der Waals surface area contributed by atoms with Crippen molar-refractivity contribution in [1.82, 2.24) is 4.72 Å². The molecule has 0 aliphatic heterocycles. The average Bonchev–Trinajstić information content (AvgIpc) is 2.29. The zero-order valence-electron chi connectivity index (χ0n) is 10.7. The molecule has 0 heterocycles. The van der Waals surface area contributed by atoms with Crippen LogP contribution in [0.1, 0.15) is 20.3 Å². The van der Waals surface area contributed by atoms with Gasteiger partial charge in [-0.2, -0.15) is 0 Å². The molecule has 0 bridgehead atoms. The fourth-order valence-electron chi connectivity index (χ4n) is 1.52. The van der Waals surface area contributed by atoms with Crippen LogP contribution in [-0.2, 0) is 10.0 Å². The molecule has 1 rings (SSSR count). The second kappa shape index (κ2) is 7.27. The molecule has 1 atom stereocenters. The van der Waals surface area contributed by atoms with E-state index in [1.165, 1.54) is 18.2 Å². The molecule has 3 nitrogen and oxygen atoms in total. The number of hydrogen-bond donors (Lipinski definition) is 1. The number of sulfonamides is 1. The Morgan fingerprint density at radius 2 is 2.00 bits per heavy atom. The predicted molar refractivity (Wildman–Crippen MR) is 83.4 cm³/mol. The van der Waals surface area contributed by atoms with Crippen molar-refractivity contribution in [2.45, 2.75) is 30.5 Å². The van der Waals surface area contributed by atoms with E-state index in [1.54, 1.807) is 0 Å². The van der Waals surface area contributed by atoms with Crippen LogP contribution in [0.5, 0.6) is 0 Å². The summed E-state index contributed by atoms with van der Waals surface area (Å²) in [6.07, 6.45) is 0.758. The first-order chi connectivity index (χ1) is 8.72. The van der Waals surface area contributed by atoms with Gasteiger partial charge in [0.25, 0.3) is 0 Å². The number of alkyl halides is 1. The Bertz CT molecular complexity index is 535. The van der Waals surface area contributed by atoms with Crippen LogP contribution in [0.4, 0.5) is 0 Å². The Morgan fingerprint density at radius 3 is 2.53 bits per heavy atom. The van der Waals surface area contributed by atoms with Gasteiger partial charge in [0.1, 0.15) is 0 Å². The summed E-state index contributed by atoms with van der Waals surface area (Å²) in [6, 6.07) is 4.46. The summed E-state index contributed by atoms with van der Waals surface area (Å²) >= 11 is 15.1. The van der Waals surface area contributed by atoms with Crippen LogP contribution < -0.4 is 4.72 Å². The number of nitrogens with one attached hydrogen (secondary N) is 1. The molecule has 1 N–H and O–H groups in total. The van der Waals surface area contributed by atoms with Gasteiger partial charge in [0.2, 0.25) is 10.0 Å². The van der Waals surface area contributed by atoms with Crippen molar-refractivity contribution in [1.29, 1.82) is 0 Å².